The van der Waals surface area contributed by atoms with E-state index in [1.807, 2.05) is 0 Å². The second-order valence-corrected chi connectivity index (χ2v) is 4.35. The van der Waals surface area contributed by atoms with Gasteiger partial charge in [0.25, 0.3) is 0 Å². The van der Waals surface area contributed by atoms with Crippen LogP contribution in [0.2, 0.25) is 0 Å². The van der Waals surface area contributed by atoms with Gasteiger partial charge in [0.1, 0.15) is 11.6 Å². The Bertz CT molecular complexity index is 325. The van der Waals surface area contributed by atoms with Crippen LogP contribution in [0.25, 0.3) is 0 Å². The van der Waals surface area contributed by atoms with E-state index in [9.17, 15) is 13.0 Å². The molecule has 1 rings (SSSR count). The van der Waals surface area contributed by atoms with Crippen LogP contribution in [0.5, 0.6) is 0 Å². The molecule has 1 unspecified atom stereocenters. The maximum atomic E-state index is 13.0. The third-order valence-electron chi connectivity index (χ3n) is 1.65. The van der Waals surface area contributed by atoms with Crippen LogP contribution in [0.1, 0.15) is 12.5 Å². The third-order valence-corrected chi connectivity index (χ3v) is 2.92. The molecule has 0 aromatic heterocycles. The van der Waals surface area contributed by atoms with E-state index < -0.39 is 22.4 Å². The Labute approximate surface area is 78.2 Å². The summed E-state index contributed by atoms with van der Waals surface area (Å²) < 4.78 is 36.7. The van der Waals surface area contributed by atoms with E-state index in [0.717, 1.165) is 18.2 Å². The maximum absolute atomic E-state index is 13.0. The first-order chi connectivity index (χ1) is 6.13. The molecule has 72 valence electrons. The average Bonchev–Trinajstić information content (AvgIpc) is 2.11. The van der Waals surface area contributed by atoms with Gasteiger partial charge in [-0.2, -0.15) is 0 Å². The molecule has 1 aromatic carbocycles. The van der Waals surface area contributed by atoms with Crippen molar-refractivity contribution in [3.05, 3.63) is 35.4 Å². The molecule has 0 amide bonds. The molecule has 0 aliphatic rings. The van der Waals surface area contributed by atoms with Gasteiger partial charge in [0.15, 0.2) is 0 Å². The molecule has 0 spiro atoms. The van der Waals surface area contributed by atoms with Gasteiger partial charge in [0.2, 0.25) is 0 Å². The standard InChI is InChI=1S/C9H10F2OS/c1-2-13(12)6-7-5-8(10)3-4-9(7)11/h3-5H,2,6H2,1H3. The Balaban J connectivity index is 2.87. The van der Waals surface area contributed by atoms with Crippen molar-refractivity contribution >= 4 is 10.8 Å². The molecule has 0 aliphatic carbocycles. The first kappa shape index (κ1) is 10.3. The van der Waals surface area contributed by atoms with Crippen LogP contribution in [-0.2, 0) is 16.6 Å². The van der Waals surface area contributed by atoms with E-state index in [-0.39, 0.29) is 11.3 Å². The summed E-state index contributed by atoms with van der Waals surface area (Å²) in [7, 11) is -1.10. The molecule has 1 aromatic rings. The number of hydrogen-bond donors (Lipinski definition) is 0. The van der Waals surface area contributed by atoms with Crippen LogP contribution in [0, 0.1) is 11.6 Å². The zero-order chi connectivity index (χ0) is 9.84. The van der Waals surface area contributed by atoms with Crippen molar-refractivity contribution in [3.63, 3.8) is 0 Å². The zero-order valence-electron chi connectivity index (χ0n) is 7.22. The molecular weight excluding hydrogens is 194 g/mol. The predicted molar refractivity (Wildman–Crippen MR) is 48.7 cm³/mol. The molecule has 0 saturated carbocycles. The Morgan fingerprint density at radius 3 is 2.69 bits per heavy atom. The van der Waals surface area contributed by atoms with E-state index in [2.05, 4.69) is 0 Å². The van der Waals surface area contributed by atoms with Gasteiger partial charge in [-0.1, -0.05) is 6.92 Å². The highest BCUT2D eigenvalue weighted by Crippen LogP contribution is 2.11. The molecule has 0 N–H and O–H groups in total. The summed E-state index contributed by atoms with van der Waals surface area (Å²) in [5, 5.41) is 0. The summed E-state index contributed by atoms with van der Waals surface area (Å²) in [5.74, 6) is -0.455. The van der Waals surface area contributed by atoms with E-state index in [1.165, 1.54) is 0 Å². The molecule has 0 aliphatic heterocycles. The van der Waals surface area contributed by atoms with Crippen LogP contribution >= 0.6 is 0 Å². The fourth-order valence-electron chi connectivity index (χ4n) is 0.929. The van der Waals surface area contributed by atoms with Gasteiger partial charge in [-0.3, -0.25) is 4.21 Å². The quantitative estimate of drug-likeness (QED) is 0.738. The van der Waals surface area contributed by atoms with E-state index >= 15 is 0 Å². The monoisotopic (exact) mass is 204 g/mol. The number of hydrogen-bond acceptors (Lipinski definition) is 1. The summed E-state index contributed by atoms with van der Waals surface area (Å²) in [4.78, 5) is 0. The van der Waals surface area contributed by atoms with Gasteiger partial charge in [0.05, 0.1) is 5.75 Å². The second-order valence-electron chi connectivity index (χ2n) is 2.61. The summed E-state index contributed by atoms with van der Waals surface area (Å²) in [6.45, 7) is 1.74. The molecule has 13 heavy (non-hydrogen) atoms. The zero-order valence-corrected chi connectivity index (χ0v) is 8.04. The summed E-state index contributed by atoms with van der Waals surface area (Å²) in [6, 6.07) is 3.19. The molecule has 1 nitrogen and oxygen atoms in total. The van der Waals surface area contributed by atoms with E-state index in [0.29, 0.717) is 5.75 Å². The highest BCUT2D eigenvalue weighted by molar-refractivity contribution is 7.84. The minimum Gasteiger partial charge on any atom is -0.259 e. The SMILES string of the molecule is CCS(=O)Cc1cc(F)ccc1F. The van der Waals surface area contributed by atoms with Crippen molar-refractivity contribution in [2.75, 3.05) is 5.75 Å². The number of benzene rings is 1. The van der Waals surface area contributed by atoms with Crippen LogP contribution < -0.4 is 0 Å². The minimum absolute atomic E-state index is 0.0834. The topological polar surface area (TPSA) is 17.1 Å². The molecular formula is C9H10F2OS. The molecule has 0 bridgehead atoms. The molecule has 0 heterocycles. The first-order valence-electron chi connectivity index (χ1n) is 3.92. The van der Waals surface area contributed by atoms with E-state index in [4.69, 9.17) is 0 Å². The molecule has 4 heteroatoms. The summed E-state index contributed by atoms with van der Waals surface area (Å²) >= 11 is 0. The second kappa shape index (κ2) is 4.46. The van der Waals surface area contributed by atoms with Crippen molar-refractivity contribution in [1.29, 1.82) is 0 Å². The normalized spacial score (nSPS) is 12.8. The minimum atomic E-state index is -1.10. The number of halogens is 2. The van der Waals surface area contributed by atoms with E-state index in [1.54, 1.807) is 6.92 Å². The maximum Gasteiger partial charge on any atom is 0.127 e. The van der Waals surface area contributed by atoms with Crippen molar-refractivity contribution in [1.82, 2.24) is 0 Å². The van der Waals surface area contributed by atoms with Gasteiger partial charge in [-0.05, 0) is 18.2 Å². The molecule has 1 atom stereocenters. The Morgan fingerprint density at radius 1 is 1.38 bits per heavy atom. The summed E-state index contributed by atoms with van der Waals surface area (Å²) in [6.07, 6.45) is 0. The van der Waals surface area contributed by atoms with Crippen molar-refractivity contribution < 1.29 is 13.0 Å². The highest BCUT2D eigenvalue weighted by Gasteiger charge is 2.06. The van der Waals surface area contributed by atoms with Gasteiger partial charge >= 0.3 is 0 Å². The third kappa shape index (κ3) is 2.88. The lowest BCUT2D eigenvalue weighted by molar-refractivity contribution is 0.590. The lowest BCUT2D eigenvalue weighted by Gasteiger charge is -2.01. The Hall–Kier alpha value is -0.770. The van der Waals surface area contributed by atoms with Crippen LogP contribution in [0.15, 0.2) is 18.2 Å². The smallest absolute Gasteiger partial charge is 0.127 e. The average molecular weight is 204 g/mol. The Morgan fingerprint density at radius 2 is 2.08 bits per heavy atom. The van der Waals surface area contributed by atoms with Crippen LogP contribution in [0.3, 0.4) is 0 Å². The lowest BCUT2D eigenvalue weighted by Crippen LogP contribution is -2.00. The van der Waals surface area contributed by atoms with Gasteiger partial charge < -0.3 is 0 Å². The van der Waals surface area contributed by atoms with Crippen molar-refractivity contribution in [3.8, 4) is 0 Å². The number of rotatable bonds is 3. The largest absolute Gasteiger partial charge is 0.259 e. The fourth-order valence-corrected chi connectivity index (χ4v) is 1.70. The summed E-state index contributed by atoms with van der Waals surface area (Å²) in [5.41, 5.74) is 0.181. The van der Waals surface area contributed by atoms with Crippen LogP contribution in [-0.4, -0.2) is 9.96 Å². The fraction of sp³-hybridized carbons (Fsp3) is 0.333. The van der Waals surface area contributed by atoms with Gasteiger partial charge in [-0.25, -0.2) is 8.78 Å². The van der Waals surface area contributed by atoms with Gasteiger partial charge in [0, 0.05) is 22.1 Å². The Kier molecular flexibility index (Phi) is 3.54. The molecule has 0 radical (unpaired) electrons. The van der Waals surface area contributed by atoms with Crippen LogP contribution in [0.4, 0.5) is 8.78 Å². The van der Waals surface area contributed by atoms with Gasteiger partial charge in [-0.15, -0.1) is 0 Å². The van der Waals surface area contributed by atoms with Crippen molar-refractivity contribution in [2.45, 2.75) is 12.7 Å². The highest BCUT2D eigenvalue weighted by atomic mass is 32.2. The first-order valence-corrected chi connectivity index (χ1v) is 5.41. The lowest BCUT2D eigenvalue weighted by atomic mass is 10.2. The predicted octanol–water partition coefficient (Wildman–Crippen LogP) is 2.23. The van der Waals surface area contributed by atoms with Crippen molar-refractivity contribution in [2.24, 2.45) is 0 Å². The molecule has 0 saturated heterocycles. The molecule has 0 fully saturated rings.